The molecular formula is C20H21ClN2O2S. The van der Waals surface area contributed by atoms with Crippen molar-refractivity contribution in [1.82, 2.24) is 9.55 Å². The molecule has 4 nitrogen and oxygen atoms in total. The van der Waals surface area contributed by atoms with Gasteiger partial charge < -0.3 is 5.11 Å². The lowest BCUT2D eigenvalue weighted by atomic mass is 9.98. The van der Waals surface area contributed by atoms with Crippen LogP contribution in [0.25, 0.3) is 16.6 Å². The Morgan fingerprint density at radius 1 is 1.23 bits per heavy atom. The smallest absolute Gasteiger partial charge is 0.266 e. The van der Waals surface area contributed by atoms with Gasteiger partial charge in [-0.2, -0.15) is 0 Å². The average molecular weight is 389 g/mol. The first kappa shape index (κ1) is 19.0. The van der Waals surface area contributed by atoms with Gasteiger partial charge in [0.1, 0.15) is 0 Å². The van der Waals surface area contributed by atoms with Crippen LogP contribution < -0.4 is 5.56 Å². The Hall–Kier alpha value is -1.82. The van der Waals surface area contributed by atoms with Crippen molar-refractivity contribution in [2.75, 3.05) is 12.4 Å². The number of nitrogens with zero attached hydrogens (tertiary/aromatic N) is 2. The SMILES string of the molecule is CC[C@@H](C)c1ccc(-n2c(SCCO)nc3cc(Cl)ccc3c2=O)cc1. The summed E-state index contributed by atoms with van der Waals surface area (Å²) in [5.41, 5.74) is 2.44. The molecule has 0 amide bonds. The zero-order chi connectivity index (χ0) is 18.7. The zero-order valence-electron chi connectivity index (χ0n) is 14.8. The van der Waals surface area contributed by atoms with Crippen molar-refractivity contribution in [3.8, 4) is 5.69 Å². The van der Waals surface area contributed by atoms with E-state index in [2.05, 4.69) is 31.0 Å². The quantitative estimate of drug-likeness (QED) is 0.493. The number of rotatable bonds is 6. The van der Waals surface area contributed by atoms with Crippen LogP contribution in [0.4, 0.5) is 0 Å². The molecule has 0 bridgehead atoms. The van der Waals surface area contributed by atoms with Crippen LogP contribution in [0, 0.1) is 0 Å². The second kappa shape index (κ2) is 8.25. The molecule has 26 heavy (non-hydrogen) atoms. The minimum absolute atomic E-state index is 0.0150. The molecule has 0 fully saturated rings. The van der Waals surface area contributed by atoms with E-state index in [0.29, 0.717) is 32.8 Å². The average Bonchev–Trinajstić information content (AvgIpc) is 2.65. The van der Waals surface area contributed by atoms with Gasteiger partial charge in [-0.15, -0.1) is 0 Å². The molecule has 1 atom stereocenters. The molecule has 0 saturated heterocycles. The van der Waals surface area contributed by atoms with Crippen molar-refractivity contribution in [3.05, 3.63) is 63.4 Å². The molecule has 0 aliphatic rings. The predicted octanol–water partition coefficient (Wildman–Crippen LogP) is 4.64. The van der Waals surface area contributed by atoms with E-state index in [1.54, 1.807) is 22.8 Å². The summed E-state index contributed by atoms with van der Waals surface area (Å²) in [6, 6.07) is 13.1. The summed E-state index contributed by atoms with van der Waals surface area (Å²) >= 11 is 7.40. The Kier molecular flexibility index (Phi) is 6.01. The number of fused-ring (bicyclic) bond motifs is 1. The highest BCUT2D eigenvalue weighted by Crippen LogP contribution is 2.25. The van der Waals surface area contributed by atoms with Gasteiger partial charge in [0.15, 0.2) is 5.16 Å². The molecule has 3 rings (SSSR count). The van der Waals surface area contributed by atoms with E-state index >= 15 is 0 Å². The van der Waals surface area contributed by atoms with Crippen LogP contribution in [-0.4, -0.2) is 27.0 Å². The molecular weight excluding hydrogens is 368 g/mol. The third kappa shape index (κ3) is 3.80. The van der Waals surface area contributed by atoms with Gasteiger partial charge in [0.25, 0.3) is 5.56 Å². The largest absolute Gasteiger partial charge is 0.396 e. The van der Waals surface area contributed by atoms with Crippen LogP contribution in [0.1, 0.15) is 31.7 Å². The lowest BCUT2D eigenvalue weighted by Crippen LogP contribution is -2.22. The van der Waals surface area contributed by atoms with Gasteiger partial charge in [-0.25, -0.2) is 4.98 Å². The second-order valence-electron chi connectivity index (χ2n) is 6.17. The second-order valence-corrected chi connectivity index (χ2v) is 7.67. The summed E-state index contributed by atoms with van der Waals surface area (Å²) in [7, 11) is 0. The van der Waals surface area contributed by atoms with Crippen molar-refractivity contribution in [3.63, 3.8) is 0 Å². The highest BCUT2D eigenvalue weighted by molar-refractivity contribution is 7.99. The summed E-state index contributed by atoms with van der Waals surface area (Å²) in [6.45, 7) is 4.36. The van der Waals surface area contributed by atoms with Crippen LogP contribution in [-0.2, 0) is 0 Å². The first-order valence-corrected chi connectivity index (χ1v) is 9.97. The topological polar surface area (TPSA) is 55.1 Å². The van der Waals surface area contributed by atoms with Crippen LogP contribution in [0.15, 0.2) is 52.4 Å². The maximum absolute atomic E-state index is 13.1. The normalized spacial score (nSPS) is 12.5. The van der Waals surface area contributed by atoms with Crippen LogP contribution in [0.2, 0.25) is 5.02 Å². The number of aliphatic hydroxyl groups is 1. The van der Waals surface area contributed by atoms with E-state index < -0.39 is 0 Å². The van der Waals surface area contributed by atoms with Crippen molar-refractivity contribution < 1.29 is 5.11 Å². The molecule has 0 saturated carbocycles. The third-order valence-electron chi connectivity index (χ3n) is 4.46. The molecule has 3 aromatic rings. The fourth-order valence-corrected chi connectivity index (χ4v) is 3.71. The molecule has 0 radical (unpaired) electrons. The standard InChI is InChI=1S/C20H21ClN2O2S/c1-3-13(2)14-4-7-16(8-5-14)23-19(25)17-9-6-15(21)12-18(17)22-20(23)26-11-10-24/h4-9,12-13,24H,3,10-11H2,1-2H3/t13-/m1/s1. The lowest BCUT2D eigenvalue weighted by Gasteiger charge is -2.15. The van der Waals surface area contributed by atoms with Gasteiger partial charge in [0.05, 0.1) is 23.2 Å². The molecule has 2 aromatic carbocycles. The lowest BCUT2D eigenvalue weighted by molar-refractivity contribution is 0.322. The number of aliphatic hydroxyl groups excluding tert-OH is 1. The number of aromatic nitrogens is 2. The van der Waals surface area contributed by atoms with Crippen LogP contribution >= 0.6 is 23.4 Å². The maximum atomic E-state index is 13.1. The van der Waals surface area contributed by atoms with E-state index in [0.717, 1.165) is 12.1 Å². The summed E-state index contributed by atoms with van der Waals surface area (Å²) in [6.07, 6.45) is 1.06. The third-order valence-corrected chi connectivity index (χ3v) is 5.61. The first-order valence-electron chi connectivity index (χ1n) is 8.61. The van der Waals surface area contributed by atoms with Gasteiger partial charge in [0, 0.05) is 10.8 Å². The molecule has 0 spiro atoms. The monoisotopic (exact) mass is 388 g/mol. The Morgan fingerprint density at radius 2 is 1.96 bits per heavy atom. The van der Waals surface area contributed by atoms with E-state index in [-0.39, 0.29) is 12.2 Å². The predicted molar refractivity (Wildman–Crippen MR) is 109 cm³/mol. The van der Waals surface area contributed by atoms with Crippen molar-refractivity contribution >= 4 is 34.3 Å². The highest BCUT2D eigenvalue weighted by atomic mass is 35.5. The van der Waals surface area contributed by atoms with E-state index in [1.165, 1.54) is 17.3 Å². The number of halogens is 1. The minimum atomic E-state index is -0.136. The zero-order valence-corrected chi connectivity index (χ0v) is 16.3. The van der Waals surface area contributed by atoms with Crippen molar-refractivity contribution in [2.24, 2.45) is 0 Å². The minimum Gasteiger partial charge on any atom is -0.396 e. The number of hydrogen-bond donors (Lipinski definition) is 1. The Bertz CT molecular complexity index is 970. The van der Waals surface area contributed by atoms with Crippen molar-refractivity contribution in [2.45, 2.75) is 31.3 Å². The molecule has 0 unspecified atom stereocenters. The van der Waals surface area contributed by atoms with Crippen molar-refractivity contribution in [1.29, 1.82) is 0 Å². The molecule has 6 heteroatoms. The summed E-state index contributed by atoms with van der Waals surface area (Å²) in [5, 5.41) is 10.8. The van der Waals surface area contributed by atoms with Gasteiger partial charge >= 0.3 is 0 Å². The van der Waals surface area contributed by atoms with Crippen LogP contribution in [0.3, 0.4) is 0 Å². The Labute approximate surface area is 161 Å². The molecule has 136 valence electrons. The Balaban J connectivity index is 2.17. The molecule has 0 aliphatic carbocycles. The van der Waals surface area contributed by atoms with Gasteiger partial charge in [-0.3, -0.25) is 9.36 Å². The summed E-state index contributed by atoms with van der Waals surface area (Å²) in [4.78, 5) is 17.7. The van der Waals surface area contributed by atoms with E-state index in [4.69, 9.17) is 11.6 Å². The van der Waals surface area contributed by atoms with Gasteiger partial charge in [-0.1, -0.05) is 49.3 Å². The fraction of sp³-hybridized carbons (Fsp3) is 0.300. The summed E-state index contributed by atoms with van der Waals surface area (Å²) in [5.74, 6) is 0.935. The Morgan fingerprint density at radius 3 is 2.62 bits per heavy atom. The first-order chi connectivity index (χ1) is 12.5. The summed E-state index contributed by atoms with van der Waals surface area (Å²) < 4.78 is 1.61. The molecule has 0 aliphatic heterocycles. The highest BCUT2D eigenvalue weighted by Gasteiger charge is 2.14. The maximum Gasteiger partial charge on any atom is 0.266 e. The van der Waals surface area contributed by atoms with Gasteiger partial charge in [-0.05, 0) is 48.2 Å². The molecule has 1 N–H and O–H groups in total. The fourth-order valence-electron chi connectivity index (χ4n) is 2.79. The number of hydrogen-bond acceptors (Lipinski definition) is 4. The number of thioether (sulfide) groups is 1. The van der Waals surface area contributed by atoms with Crippen LogP contribution in [0.5, 0.6) is 0 Å². The number of benzene rings is 2. The van der Waals surface area contributed by atoms with Gasteiger partial charge in [0.2, 0.25) is 0 Å². The van der Waals surface area contributed by atoms with E-state index in [1.807, 2.05) is 12.1 Å². The molecule has 1 aromatic heterocycles. The molecule has 1 heterocycles. The van der Waals surface area contributed by atoms with E-state index in [9.17, 15) is 9.90 Å².